The molecule has 0 saturated heterocycles. The number of carbonyl (C=O) groups is 1. The fraction of sp³-hybridized carbons (Fsp3) is 0.200. The molecule has 0 spiro atoms. The van der Waals surface area contributed by atoms with Gasteiger partial charge in [0, 0.05) is 6.07 Å². The Morgan fingerprint density at radius 1 is 1.22 bits per heavy atom. The SMILES string of the molecule is CN(CC[As](C)C)C(=O)c1cn2ncnc([AsH2])c2c1-c1ccc(Nc2nc3cc(F)cc(F)c3[nH]2)cc1. The van der Waals surface area contributed by atoms with Crippen molar-refractivity contribution >= 4 is 70.1 Å². The fourth-order valence-corrected chi connectivity index (χ4v) is 6.29. The molecule has 2 N–H and O–H groups in total. The summed E-state index contributed by atoms with van der Waals surface area (Å²) in [4.78, 5) is 26.7. The average Bonchev–Trinajstić information content (AvgIpc) is 3.45. The van der Waals surface area contributed by atoms with E-state index in [1.54, 1.807) is 15.6 Å². The van der Waals surface area contributed by atoms with Crippen LogP contribution in [0, 0.1) is 11.6 Å². The monoisotopic (exact) mass is 627 g/mol. The van der Waals surface area contributed by atoms with Crippen LogP contribution >= 0.6 is 0 Å². The van der Waals surface area contributed by atoms with Crippen molar-refractivity contribution in [3.8, 4) is 11.1 Å². The molecule has 1 atom stereocenters. The molecule has 0 saturated carbocycles. The van der Waals surface area contributed by atoms with E-state index in [0.717, 1.165) is 38.9 Å². The molecule has 0 aliphatic heterocycles. The van der Waals surface area contributed by atoms with E-state index in [2.05, 4.69) is 36.8 Å². The van der Waals surface area contributed by atoms with Gasteiger partial charge in [-0.2, -0.15) is 0 Å². The standard InChI is InChI=1S/C25H25As2F2N7O/c1-27(2)8-9-35(3)24(37)17-12-36-22(23(26)30-13-31-36)20(17)14-4-6-16(7-5-14)32-25-33-19-11-15(28)10-18(29)21(19)34-25/h4-7,10-13H,8-9,26H2,1-3H3,(H2,32,33,34). The number of anilines is 2. The first-order chi connectivity index (χ1) is 17.7. The van der Waals surface area contributed by atoms with Crippen molar-refractivity contribution < 1.29 is 13.6 Å². The summed E-state index contributed by atoms with van der Waals surface area (Å²) < 4.78 is 30.1. The Morgan fingerprint density at radius 3 is 2.70 bits per heavy atom. The summed E-state index contributed by atoms with van der Waals surface area (Å²) >= 11 is 0.494. The van der Waals surface area contributed by atoms with Crippen LogP contribution in [0.15, 0.2) is 48.9 Å². The molecule has 1 amide bonds. The zero-order valence-electron chi connectivity index (χ0n) is 20.5. The van der Waals surface area contributed by atoms with Gasteiger partial charge in [-0.3, -0.25) is 0 Å². The molecule has 0 aliphatic rings. The van der Waals surface area contributed by atoms with Gasteiger partial charge in [0.1, 0.15) is 5.82 Å². The summed E-state index contributed by atoms with van der Waals surface area (Å²) in [6.45, 7) is 0.719. The molecule has 0 radical (unpaired) electrons. The molecule has 190 valence electrons. The van der Waals surface area contributed by atoms with Gasteiger partial charge in [0.25, 0.3) is 0 Å². The molecule has 2 aromatic carbocycles. The van der Waals surface area contributed by atoms with Crippen LogP contribution in [0.25, 0.3) is 27.7 Å². The number of hydrogen-bond donors (Lipinski definition) is 2. The number of benzene rings is 2. The van der Waals surface area contributed by atoms with Gasteiger partial charge in [-0.25, -0.2) is 8.78 Å². The van der Waals surface area contributed by atoms with Crippen LogP contribution < -0.4 is 9.80 Å². The summed E-state index contributed by atoms with van der Waals surface area (Å²) in [7, 11) is 1.84. The van der Waals surface area contributed by atoms with Crippen LogP contribution in [-0.4, -0.2) is 80.5 Å². The van der Waals surface area contributed by atoms with Gasteiger partial charge < -0.3 is 0 Å². The Kier molecular flexibility index (Phi) is 7.06. The van der Waals surface area contributed by atoms with Crippen LogP contribution in [-0.2, 0) is 0 Å². The zero-order valence-corrected chi connectivity index (χ0v) is 24.8. The number of halogens is 2. The van der Waals surface area contributed by atoms with E-state index >= 15 is 0 Å². The van der Waals surface area contributed by atoms with E-state index < -0.39 is 26.3 Å². The first-order valence-electron chi connectivity index (χ1n) is 11.5. The molecule has 0 fully saturated rings. The Balaban J connectivity index is 1.49. The van der Waals surface area contributed by atoms with Crippen molar-refractivity contribution in [1.82, 2.24) is 29.5 Å². The summed E-state index contributed by atoms with van der Waals surface area (Å²) in [6, 6.07) is 9.48. The number of nitrogens with one attached hydrogen (secondary N) is 2. The number of rotatable bonds is 7. The second-order valence-corrected chi connectivity index (χ2v) is 15.6. The van der Waals surface area contributed by atoms with E-state index in [1.807, 2.05) is 31.3 Å². The van der Waals surface area contributed by atoms with Gasteiger partial charge in [-0.05, 0) is 0 Å². The number of aromatic nitrogens is 5. The topological polar surface area (TPSA) is 91.2 Å². The molecule has 3 heterocycles. The molecule has 1 unspecified atom stereocenters. The molecular weight excluding hydrogens is 602 g/mol. The van der Waals surface area contributed by atoms with E-state index in [4.69, 9.17) is 0 Å². The molecule has 5 aromatic rings. The average molecular weight is 627 g/mol. The van der Waals surface area contributed by atoms with Gasteiger partial charge in [0.2, 0.25) is 0 Å². The summed E-state index contributed by atoms with van der Waals surface area (Å²) in [5.41, 5.74) is 8.57. The van der Waals surface area contributed by atoms with Crippen molar-refractivity contribution in [2.45, 2.75) is 16.6 Å². The first-order valence-corrected chi connectivity index (χ1v) is 17.7. The minimum absolute atomic E-state index is 0.0537. The Hall–Kier alpha value is -3.22. The van der Waals surface area contributed by atoms with E-state index in [0.29, 0.717) is 17.2 Å². The molecule has 8 nitrogen and oxygen atoms in total. The molecule has 0 aliphatic carbocycles. The third-order valence-corrected chi connectivity index (χ3v) is 9.19. The van der Waals surface area contributed by atoms with E-state index in [9.17, 15) is 13.6 Å². The maximum atomic E-state index is 14.0. The molecular formula is C25H25As2F2N7O. The zero-order chi connectivity index (χ0) is 26.3. The normalized spacial score (nSPS) is 11.5. The van der Waals surface area contributed by atoms with Crippen molar-refractivity contribution in [3.63, 3.8) is 0 Å². The fourth-order valence-electron chi connectivity index (χ4n) is 4.10. The van der Waals surface area contributed by atoms with E-state index in [-0.39, 0.29) is 16.9 Å². The molecule has 3 aromatic heterocycles. The number of imidazole rings is 1. The number of carbonyl (C=O) groups excluding carboxylic acids is 1. The first kappa shape index (κ1) is 25.4. The second-order valence-electron chi connectivity index (χ2n) is 8.96. The predicted octanol–water partition coefficient (Wildman–Crippen LogP) is 3.38. The Labute approximate surface area is 225 Å². The van der Waals surface area contributed by atoms with Crippen molar-refractivity contribution in [2.24, 2.45) is 0 Å². The third-order valence-electron chi connectivity index (χ3n) is 6.01. The van der Waals surface area contributed by atoms with Crippen LogP contribution in [0.5, 0.6) is 0 Å². The number of hydrogen-bond acceptors (Lipinski definition) is 5. The van der Waals surface area contributed by atoms with Gasteiger partial charge in [-0.1, -0.05) is 0 Å². The number of aromatic amines is 1. The number of fused-ring (bicyclic) bond motifs is 2. The summed E-state index contributed by atoms with van der Waals surface area (Å²) in [5, 5.41) is 8.49. The summed E-state index contributed by atoms with van der Waals surface area (Å²) in [5.74, 6) is -1.15. The second kappa shape index (κ2) is 10.3. The quantitative estimate of drug-likeness (QED) is 0.270. The van der Waals surface area contributed by atoms with Crippen LogP contribution in [0.3, 0.4) is 0 Å². The van der Waals surface area contributed by atoms with Gasteiger partial charge in [0.05, 0.1) is 0 Å². The number of amides is 1. The van der Waals surface area contributed by atoms with Gasteiger partial charge in [-0.15, -0.1) is 0 Å². The van der Waals surface area contributed by atoms with Crippen LogP contribution in [0.2, 0.25) is 16.6 Å². The van der Waals surface area contributed by atoms with E-state index in [1.165, 1.54) is 29.2 Å². The Morgan fingerprint density at radius 2 is 1.97 bits per heavy atom. The maximum absolute atomic E-state index is 14.0. The van der Waals surface area contributed by atoms with Crippen LogP contribution in [0.1, 0.15) is 10.4 Å². The van der Waals surface area contributed by atoms with Gasteiger partial charge >= 0.3 is 205 Å². The van der Waals surface area contributed by atoms with Gasteiger partial charge in [0.15, 0.2) is 0 Å². The molecule has 37 heavy (non-hydrogen) atoms. The minimum atomic E-state index is -0.859. The number of H-pyrrole nitrogens is 1. The van der Waals surface area contributed by atoms with Crippen molar-refractivity contribution in [2.75, 3.05) is 18.9 Å². The van der Waals surface area contributed by atoms with Crippen molar-refractivity contribution in [3.05, 3.63) is 66.1 Å². The molecule has 0 bridgehead atoms. The molecule has 12 heteroatoms. The summed E-state index contributed by atoms with van der Waals surface area (Å²) in [6.07, 6.45) is 3.27. The molecule has 5 rings (SSSR count). The Bertz CT molecular complexity index is 1620. The third kappa shape index (κ3) is 5.13. The van der Waals surface area contributed by atoms with Crippen molar-refractivity contribution in [1.29, 1.82) is 0 Å². The number of nitrogens with zero attached hydrogens (tertiary/aromatic N) is 5. The van der Waals surface area contributed by atoms with Crippen LogP contribution in [0.4, 0.5) is 20.4 Å². The predicted molar refractivity (Wildman–Crippen MR) is 145 cm³/mol.